The van der Waals surface area contributed by atoms with Gasteiger partial charge < -0.3 is 18.9 Å². The number of para-hydroxylation sites is 1. The third kappa shape index (κ3) is 11.1. The largest absolute Gasteiger partial charge is 0.465 e. The molecule has 0 aliphatic carbocycles. The fourth-order valence-electron chi connectivity index (χ4n) is 2.51. The number of carbonyl (C=O) groups is 3. The Hall–Kier alpha value is -3.16. The van der Waals surface area contributed by atoms with Crippen LogP contribution in [0, 0.1) is 12.3 Å². The second-order valence-corrected chi connectivity index (χ2v) is 8.47. The molecule has 0 radical (unpaired) electrons. The van der Waals surface area contributed by atoms with Gasteiger partial charge in [0.1, 0.15) is 12.3 Å². The highest BCUT2D eigenvalue weighted by Crippen LogP contribution is 2.44. The van der Waals surface area contributed by atoms with Gasteiger partial charge in [-0.2, -0.15) is 0 Å². The minimum absolute atomic E-state index is 0.170. The number of benzene rings is 1. The zero-order valence-electron chi connectivity index (χ0n) is 19.3. The molecule has 0 aliphatic rings. The van der Waals surface area contributed by atoms with Gasteiger partial charge >= 0.3 is 13.7 Å². The summed E-state index contributed by atoms with van der Waals surface area (Å²) >= 11 is 0. The van der Waals surface area contributed by atoms with Gasteiger partial charge in [0.05, 0.1) is 25.4 Å². The number of hydrogen-bond donors (Lipinski definition) is 2. The van der Waals surface area contributed by atoms with E-state index < -0.39 is 31.8 Å². The molecule has 2 amide bonds. The van der Waals surface area contributed by atoms with E-state index in [1.165, 1.54) is 13.3 Å². The van der Waals surface area contributed by atoms with Gasteiger partial charge in [-0.15, -0.1) is 6.42 Å². The quantitative estimate of drug-likeness (QED) is 0.114. The summed E-state index contributed by atoms with van der Waals surface area (Å²) in [7, 11) is -0.911. The van der Waals surface area contributed by atoms with Crippen LogP contribution in [0.15, 0.2) is 42.6 Å². The van der Waals surface area contributed by atoms with E-state index in [2.05, 4.69) is 11.0 Å². The Balaban J connectivity index is 2.84. The summed E-state index contributed by atoms with van der Waals surface area (Å²) in [4.78, 5) is 35.0. The van der Waals surface area contributed by atoms with Crippen LogP contribution in [0.4, 0.5) is 0 Å². The van der Waals surface area contributed by atoms with Gasteiger partial charge in [-0.3, -0.25) is 24.2 Å². The molecule has 3 atom stereocenters. The summed E-state index contributed by atoms with van der Waals surface area (Å²) in [5.41, 5.74) is 0. The lowest BCUT2D eigenvalue weighted by Gasteiger charge is -2.27. The first-order valence-corrected chi connectivity index (χ1v) is 11.8. The predicted molar refractivity (Wildman–Crippen MR) is 124 cm³/mol. The molecule has 1 aromatic carbocycles. The Labute approximate surface area is 199 Å². The minimum atomic E-state index is -3.99. The molecule has 0 aliphatic heterocycles. The van der Waals surface area contributed by atoms with Crippen LogP contribution < -0.4 is 14.9 Å². The van der Waals surface area contributed by atoms with Crippen LogP contribution in [0.3, 0.4) is 0 Å². The van der Waals surface area contributed by atoms with Crippen LogP contribution in [-0.2, 0) is 32.9 Å². The second-order valence-electron chi connectivity index (χ2n) is 6.72. The Morgan fingerprint density at radius 2 is 2.00 bits per heavy atom. The molecule has 11 nitrogen and oxygen atoms in total. The van der Waals surface area contributed by atoms with Gasteiger partial charge in [0.15, 0.2) is 0 Å². The monoisotopic (exact) mass is 495 g/mol. The van der Waals surface area contributed by atoms with Crippen molar-refractivity contribution in [1.29, 1.82) is 0 Å². The van der Waals surface area contributed by atoms with Crippen LogP contribution >= 0.6 is 7.75 Å². The molecule has 0 aromatic heterocycles. The molecule has 0 fully saturated rings. The van der Waals surface area contributed by atoms with Crippen molar-refractivity contribution in [2.75, 3.05) is 33.9 Å². The summed E-state index contributed by atoms with van der Waals surface area (Å²) in [6.45, 7) is 1.25. The van der Waals surface area contributed by atoms with Crippen molar-refractivity contribution < 1.29 is 37.5 Å². The zero-order chi connectivity index (χ0) is 25.4. The molecule has 0 saturated heterocycles. The smallest absolute Gasteiger partial charge is 0.459 e. The number of carbonyl (C=O) groups excluding carboxylic acids is 3. The highest BCUT2D eigenvalue weighted by Gasteiger charge is 2.30. The fourth-order valence-corrected chi connectivity index (χ4v) is 3.80. The Morgan fingerprint density at radius 3 is 2.59 bits per heavy atom. The van der Waals surface area contributed by atoms with Gasteiger partial charge in [0, 0.05) is 32.9 Å². The van der Waals surface area contributed by atoms with E-state index in [1.807, 2.05) is 5.32 Å². The number of amides is 2. The van der Waals surface area contributed by atoms with Crippen molar-refractivity contribution >= 4 is 26.0 Å². The highest BCUT2D eigenvalue weighted by molar-refractivity contribution is 7.52. The third-order valence-corrected chi connectivity index (χ3v) is 5.77. The molecule has 186 valence electrons. The molecule has 0 heterocycles. The number of nitrogens with one attached hydrogen (secondary N) is 2. The van der Waals surface area contributed by atoms with Crippen LogP contribution in [0.2, 0.25) is 0 Å². The summed E-state index contributed by atoms with van der Waals surface area (Å²) < 4.78 is 34.6. The molecule has 12 heteroatoms. The molecular weight excluding hydrogens is 465 g/mol. The average molecular weight is 495 g/mol. The van der Waals surface area contributed by atoms with Gasteiger partial charge in [-0.05, 0) is 19.1 Å². The number of hydrogen-bond acceptors (Lipinski definition) is 9. The van der Waals surface area contributed by atoms with Crippen LogP contribution in [0.25, 0.3) is 0 Å². The summed E-state index contributed by atoms with van der Waals surface area (Å²) in [6.07, 6.45) is 8.08. The van der Waals surface area contributed by atoms with Crippen molar-refractivity contribution in [2.45, 2.75) is 25.5 Å². The van der Waals surface area contributed by atoms with Crippen LogP contribution in [0.1, 0.15) is 13.3 Å². The van der Waals surface area contributed by atoms with E-state index in [4.69, 9.17) is 24.9 Å². The fraction of sp³-hybridized carbons (Fsp3) is 0.409. The standard InChI is InChI=1S/C22H30N3O8P/c1-5-18(25(3)13-12-21(27)23-17-26)14-20(30-4)16-32-34(29,24-15-22(28)31-6-2)33-19-10-8-7-9-11-19/h1,7-13,17-18,20H,6,14-16H2,2-4H3,(H,24,29)(H,23,26,27)/b13-12-. The molecule has 34 heavy (non-hydrogen) atoms. The topological polar surface area (TPSA) is 132 Å². The Kier molecular flexibility index (Phi) is 13.3. The van der Waals surface area contributed by atoms with Crippen molar-refractivity contribution in [3.63, 3.8) is 0 Å². The molecule has 0 spiro atoms. The van der Waals surface area contributed by atoms with E-state index >= 15 is 0 Å². The van der Waals surface area contributed by atoms with Crippen molar-refractivity contribution in [1.82, 2.24) is 15.3 Å². The Bertz CT molecular complexity index is 903. The lowest BCUT2D eigenvalue weighted by atomic mass is 10.1. The number of nitrogens with zero attached hydrogens (tertiary/aromatic N) is 1. The van der Waals surface area contributed by atoms with E-state index in [1.54, 1.807) is 49.2 Å². The van der Waals surface area contributed by atoms with Gasteiger partial charge in [0.25, 0.3) is 5.91 Å². The highest BCUT2D eigenvalue weighted by atomic mass is 31.2. The molecule has 1 aromatic rings. The first-order chi connectivity index (χ1) is 16.3. The van der Waals surface area contributed by atoms with E-state index in [-0.39, 0.29) is 38.3 Å². The number of methoxy groups -OCH3 is 1. The molecule has 3 unspecified atom stereocenters. The first-order valence-electron chi connectivity index (χ1n) is 10.3. The molecule has 0 bridgehead atoms. The normalized spacial score (nSPS) is 14.3. The van der Waals surface area contributed by atoms with Crippen molar-refractivity contribution in [3.05, 3.63) is 42.6 Å². The zero-order valence-corrected chi connectivity index (χ0v) is 20.2. The predicted octanol–water partition coefficient (Wildman–Crippen LogP) is 1.47. The minimum Gasteiger partial charge on any atom is -0.465 e. The van der Waals surface area contributed by atoms with Gasteiger partial charge in [-0.1, -0.05) is 24.1 Å². The molecule has 2 N–H and O–H groups in total. The number of terminal acetylenes is 1. The SMILES string of the molecule is C#CC(CC(COP(=O)(NCC(=O)OCC)Oc1ccccc1)OC)N(C)/C=C\C(=O)NC=O. The van der Waals surface area contributed by atoms with Crippen molar-refractivity contribution in [2.24, 2.45) is 0 Å². The maximum Gasteiger partial charge on any atom is 0.459 e. The van der Waals surface area contributed by atoms with Crippen LogP contribution in [-0.4, -0.2) is 69.2 Å². The van der Waals surface area contributed by atoms with Gasteiger partial charge in [-0.25, -0.2) is 9.65 Å². The summed E-state index contributed by atoms with van der Waals surface area (Å²) in [6, 6.07) is 7.81. The van der Waals surface area contributed by atoms with Gasteiger partial charge in [0.2, 0.25) is 6.41 Å². The van der Waals surface area contributed by atoms with Crippen LogP contribution in [0.5, 0.6) is 5.75 Å². The maximum atomic E-state index is 13.3. The average Bonchev–Trinajstić information content (AvgIpc) is 2.82. The lowest BCUT2D eigenvalue weighted by Crippen LogP contribution is -2.34. The third-order valence-electron chi connectivity index (χ3n) is 4.29. The number of imide groups is 1. The second kappa shape index (κ2) is 15.6. The number of esters is 1. The maximum absolute atomic E-state index is 13.3. The van der Waals surface area contributed by atoms with E-state index in [9.17, 15) is 18.9 Å². The molecule has 1 rings (SSSR count). The van der Waals surface area contributed by atoms with E-state index in [0.29, 0.717) is 0 Å². The number of rotatable bonds is 16. The number of ether oxygens (including phenoxy) is 2. The molecular formula is C22H30N3O8P. The molecule has 0 saturated carbocycles. The lowest BCUT2D eigenvalue weighted by molar-refractivity contribution is -0.141. The van der Waals surface area contributed by atoms with E-state index in [0.717, 1.165) is 6.08 Å². The Morgan fingerprint density at radius 1 is 1.29 bits per heavy atom. The first kappa shape index (κ1) is 28.9. The van der Waals surface area contributed by atoms with Crippen molar-refractivity contribution in [3.8, 4) is 18.1 Å². The summed E-state index contributed by atoms with van der Waals surface area (Å²) in [5.74, 6) is 1.63. The summed E-state index contributed by atoms with van der Waals surface area (Å²) in [5, 5.41) is 4.47.